The summed E-state index contributed by atoms with van der Waals surface area (Å²) in [6.45, 7) is 5.76. The first-order valence-corrected chi connectivity index (χ1v) is 10.8. The lowest BCUT2D eigenvalue weighted by atomic mass is 9.80. The predicted molar refractivity (Wildman–Crippen MR) is 115 cm³/mol. The fourth-order valence-electron chi connectivity index (χ4n) is 5.05. The van der Waals surface area contributed by atoms with Crippen LogP contribution in [0.25, 0.3) is 10.9 Å². The minimum absolute atomic E-state index is 0.00461. The van der Waals surface area contributed by atoms with Crippen molar-refractivity contribution in [2.75, 3.05) is 39.4 Å². The highest BCUT2D eigenvalue weighted by atomic mass is 16.5. The Kier molecular flexibility index (Phi) is 5.31. The van der Waals surface area contributed by atoms with Crippen LogP contribution in [0.5, 0.6) is 0 Å². The van der Waals surface area contributed by atoms with Crippen LogP contribution in [0.4, 0.5) is 0 Å². The predicted octanol–water partition coefficient (Wildman–Crippen LogP) is 2.57. The number of hydrogen-bond acceptors (Lipinski definition) is 4. The van der Waals surface area contributed by atoms with Gasteiger partial charge in [-0.3, -0.25) is 14.8 Å². The lowest BCUT2D eigenvalue weighted by molar-refractivity contribution is -0.135. The highest BCUT2D eigenvalue weighted by molar-refractivity contribution is 5.88. The van der Waals surface area contributed by atoms with Gasteiger partial charge in [0.25, 0.3) is 0 Å². The smallest absolute Gasteiger partial charge is 0.227 e. The number of H-pyrrole nitrogens is 2. The van der Waals surface area contributed by atoms with Gasteiger partial charge in [-0.25, -0.2) is 0 Å². The van der Waals surface area contributed by atoms with Crippen LogP contribution in [0, 0.1) is 5.41 Å². The van der Waals surface area contributed by atoms with E-state index in [0.717, 1.165) is 80.9 Å². The van der Waals surface area contributed by atoms with Crippen LogP contribution in [0.15, 0.2) is 42.7 Å². The number of ether oxygens (including phenoxy) is 1. The summed E-state index contributed by atoms with van der Waals surface area (Å²) in [6, 6.07) is 10.2. The number of amides is 1. The molecule has 1 amide bonds. The lowest BCUT2D eigenvalue weighted by Crippen LogP contribution is -2.52. The molecule has 158 valence electrons. The molecule has 2 N–H and O–H groups in total. The van der Waals surface area contributed by atoms with Gasteiger partial charge in [0.05, 0.1) is 19.6 Å². The second-order valence-corrected chi connectivity index (χ2v) is 8.80. The molecule has 1 aromatic carbocycles. The molecule has 1 spiro atoms. The number of nitrogens with zero attached hydrogens (tertiary/aromatic N) is 3. The Labute approximate surface area is 176 Å². The first kappa shape index (κ1) is 19.3. The molecular formula is C23H29N5O2. The molecule has 7 heteroatoms. The van der Waals surface area contributed by atoms with Crippen molar-refractivity contribution in [2.45, 2.75) is 25.8 Å². The van der Waals surface area contributed by atoms with E-state index in [9.17, 15) is 4.79 Å². The molecule has 0 saturated carbocycles. The van der Waals surface area contributed by atoms with E-state index in [1.54, 1.807) is 6.20 Å². The molecule has 1 atom stereocenters. The molecule has 3 aromatic rings. The zero-order valence-corrected chi connectivity index (χ0v) is 17.3. The maximum Gasteiger partial charge on any atom is 0.227 e. The van der Waals surface area contributed by atoms with E-state index in [2.05, 4.69) is 37.1 Å². The maximum atomic E-state index is 13.2. The number of nitrogens with one attached hydrogen (secondary N) is 2. The molecule has 2 aromatic heterocycles. The number of carbonyl (C=O) groups excluding carboxylic acids is 1. The third-order valence-electron chi connectivity index (χ3n) is 6.50. The van der Waals surface area contributed by atoms with Crippen molar-refractivity contribution in [3.63, 3.8) is 0 Å². The van der Waals surface area contributed by atoms with Crippen molar-refractivity contribution >= 4 is 16.8 Å². The van der Waals surface area contributed by atoms with Crippen molar-refractivity contribution in [2.24, 2.45) is 5.41 Å². The van der Waals surface area contributed by atoms with Crippen LogP contribution in [0.2, 0.25) is 0 Å². The summed E-state index contributed by atoms with van der Waals surface area (Å²) in [4.78, 5) is 21.0. The van der Waals surface area contributed by atoms with E-state index < -0.39 is 0 Å². The van der Waals surface area contributed by atoms with E-state index >= 15 is 0 Å². The van der Waals surface area contributed by atoms with Gasteiger partial charge in [0.1, 0.15) is 0 Å². The van der Waals surface area contributed by atoms with Gasteiger partial charge in [0, 0.05) is 67.1 Å². The van der Waals surface area contributed by atoms with E-state index in [0.29, 0.717) is 6.42 Å². The SMILES string of the molecule is O=C(Cc1c[nH]c2ccccc12)N1CCC[C@@]2(COCCN(Cc3ccn[nH]3)C2)C1. The zero-order chi connectivity index (χ0) is 20.4. The molecule has 0 bridgehead atoms. The van der Waals surface area contributed by atoms with Gasteiger partial charge in [0.15, 0.2) is 0 Å². The number of fused-ring (bicyclic) bond motifs is 1. The molecule has 4 heterocycles. The molecule has 0 unspecified atom stereocenters. The number of carbonyl (C=O) groups is 1. The fourth-order valence-corrected chi connectivity index (χ4v) is 5.05. The third kappa shape index (κ3) is 4.00. The van der Waals surface area contributed by atoms with Crippen molar-refractivity contribution in [3.05, 3.63) is 54.0 Å². The number of hydrogen-bond donors (Lipinski definition) is 2. The van der Waals surface area contributed by atoms with Crippen LogP contribution in [-0.4, -0.2) is 70.3 Å². The van der Waals surface area contributed by atoms with Gasteiger partial charge in [-0.05, 0) is 30.5 Å². The largest absolute Gasteiger partial charge is 0.379 e. The molecule has 0 aliphatic carbocycles. The Morgan fingerprint density at radius 3 is 3.03 bits per heavy atom. The van der Waals surface area contributed by atoms with Crippen molar-refractivity contribution < 1.29 is 9.53 Å². The average molecular weight is 408 g/mol. The first-order chi connectivity index (χ1) is 14.7. The number of para-hydroxylation sites is 1. The highest BCUT2D eigenvalue weighted by Crippen LogP contribution is 2.34. The molecule has 2 fully saturated rings. The summed E-state index contributed by atoms with van der Waals surface area (Å²) in [5.74, 6) is 0.211. The molecule has 0 radical (unpaired) electrons. The molecule has 30 heavy (non-hydrogen) atoms. The molecule has 7 nitrogen and oxygen atoms in total. The van der Waals surface area contributed by atoms with Crippen molar-refractivity contribution in [3.8, 4) is 0 Å². The standard InChI is InChI=1S/C23H29N5O2/c29-22(12-18-13-24-21-5-2-1-4-20(18)21)28-9-3-7-23(16-28)15-27(10-11-30-17-23)14-19-6-8-25-26-19/h1-2,4-6,8,13,24H,3,7,9-12,14-17H2,(H,25,26)/t23-/m0/s1. The molecule has 2 aliphatic rings. The number of likely N-dealkylation sites (tertiary alicyclic amines) is 1. The van der Waals surface area contributed by atoms with Crippen LogP contribution in [0.1, 0.15) is 24.1 Å². The topological polar surface area (TPSA) is 77.2 Å². The van der Waals surface area contributed by atoms with E-state index in [-0.39, 0.29) is 11.3 Å². The second kappa shape index (κ2) is 8.24. The van der Waals surface area contributed by atoms with Gasteiger partial charge in [0.2, 0.25) is 5.91 Å². The number of piperidine rings is 1. The maximum absolute atomic E-state index is 13.2. The number of aromatic amines is 2. The Hall–Kier alpha value is -2.64. The molecule has 2 aliphatic heterocycles. The third-order valence-corrected chi connectivity index (χ3v) is 6.50. The fraction of sp³-hybridized carbons (Fsp3) is 0.478. The molecular weight excluding hydrogens is 378 g/mol. The van der Waals surface area contributed by atoms with Crippen molar-refractivity contribution in [1.29, 1.82) is 0 Å². The first-order valence-electron chi connectivity index (χ1n) is 10.8. The molecule has 5 rings (SSSR count). The zero-order valence-electron chi connectivity index (χ0n) is 17.3. The average Bonchev–Trinajstić information content (AvgIpc) is 3.37. The van der Waals surface area contributed by atoms with Crippen LogP contribution < -0.4 is 0 Å². The minimum Gasteiger partial charge on any atom is -0.379 e. The van der Waals surface area contributed by atoms with Gasteiger partial charge in [-0.15, -0.1) is 0 Å². The van der Waals surface area contributed by atoms with Crippen LogP contribution >= 0.6 is 0 Å². The number of rotatable bonds is 4. The lowest BCUT2D eigenvalue weighted by Gasteiger charge is -2.43. The number of aromatic nitrogens is 3. The Morgan fingerprint density at radius 2 is 2.13 bits per heavy atom. The molecule has 2 saturated heterocycles. The quantitative estimate of drug-likeness (QED) is 0.697. The second-order valence-electron chi connectivity index (χ2n) is 8.80. The Balaban J connectivity index is 1.28. The summed E-state index contributed by atoms with van der Waals surface area (Å²) < 4.78 is 6.02. The van der Waals surface area contributed by atoms with E-state index in [1.165, 1.54) is 0 Å². The highest BCUT2D eigenvalue weighted by Gasteiger charge is 2.40. The summed E-state index contributed by atoms with van der Waals surface area (Å²) in [7, 11) is 0. The summed E-state index contributed by atoms with van der Waals surface area (Å²) in [5.41, 5.74) is 3.29. The van der Waals surface area contributed by atoms with Gasteiger partial charge in [-0.2, -0.15) is 5.10 Å². The summed E-state index contributed by atoms with van der Waals surface area (Å²) in [6.07, 6.45) is 6.34. The van der Waals surface area contributed by atoms with E-state index in [1.807, 2.05) is 24.4 Å². The summed E-state index contributed by atoms with van der Waals surface area (Å²) >= 11 is 0. The normalized spacial score (nSPS) is 23.1. The van der Waals surface area contributed by atoms with Crippen LogP contribution in [-0.2, 0) is 22.5 Å². The minimum atomic E-state index is 0.00461. The Bertz CT molecular complexity index is 998. The van der Waals surface area contributed by atoms with E-state index in [4.69, 9.17) is 4.74 Å². The van der Waals surface area contributed by atoms with Crippen molar-refractivity contribution in [1.82, 2.24) is 25.0 Å². The van der Waals surface area contributed by atoms with Crippen LogP contribution in [0.3, 0.4) is 0 Å². The van der Waals surface area contributed by atoms with Gasteiger partial charge in [-0.1, -0.05) is 18.2 Å². The monoisotopic (exact) mass is 407 g/mol. The number of benzene rings is 1. The Morgan fingerprint density at radius 1 is 1.20 bits per heavy atom. The van der Waals surface area contributed by atoms with Gasteiger partial charge < -0.3 is 14.6 Å². The van der Waals surface area contributed by atoms with Gasteiger partial charge >= 0.3 is 0 Å². The summed E-state index contributed by atoms with van der Waals surface area (Å²) in [5, 5.41) is 8.27.